The summed E-state index contributed by atoms with van der Waals surface area (Å²) < 4.78 is 5.95. The Bertz CT molecular complexity index is 510. The molecule has 0 aromatic carbocycles. The van der Waals surface area contributed by atoms with E-state index in [1.165, 1.54) is 0 Å². The summed E-state index contributed by atoms with van der Waals surface area (Å²) in [6.07, 6.45) is 1.76. The first-order valence-electron chi connectivity index (χ1n) is 6.12. The maximum atomic E-state index is 11.8. The van der Waals surface area contributed by atoms with Gasteiger partial charge in [-0.25, -0.2) is 9.78 Å². The lowest BCUT2D eigenvalue weighted by atomic mass is 10.2. The fraction of sp³-hybridized carbons (Fsp3) is 0.538. The number of carbonyl (C=O) groups excluding carboxylic acids is 1. The van der Waals surface area contributed by atoms with E-state index in [0.29, 0.717) is 16.8 Å². The molecule has 19 heavy (non-hydrogen) atoms. The number of ether oxygens (including phenoxy) is 1. The number of anilines is 1. The van der Waals surface area contributed by atoms with E-state index in [-0.39, 0.29) is 0 Å². The molecule has 1 aliphatic carbocycles. The van der Waals surface area contributed by atoms with Gasteiger partial charge in [-0.2, -0.15) is 0 Å². The van der Waals surface area contributed by atoms with Gasteiger partial charge >= 0.3 is 6.09 Å². The summed E-state index contributed by atoms with van der Waals surface area (Å²) in [5, 5.41) is 3.28. The van der Waals surface area contributed by atoms with Gasteiger partial charge in [0.1, 0.15) is 5.60 Å². The van der Waals surface area contributed by atoms with Crippen LogP contribution < -0.4 is 5.32 Å². The molecule has 0 atom stereocenters. The summed E-state index contributed by atoms with van der Waals surface area (Å²) in [6, 6.07) is 1.88. The van der Waals surface area contributed by atoms with Gasteiger partial charge in [-0.3, -0.25) is 5.32 Å². The normalized spacial score (nSPS) is 15.2. The number of halogens is 2. The van der Waals surface area contributed by atoms with Crippen molar-refractivity contribution in [2.45, 2.75) is 45.1 Å². The Morgan fingerprint density at radius 1 is 1.53 bits per heavy atom. The van der Waals surface area contributed by atoms with E-state index in [1.54, 1.807) is 0 Å². The predicted octanol–water partition coefficient (Wildman–Crippen LogP) is 4.56. The average Bonchev–Trinajstić information content (AvgIpc) is 3.05. The molecule has 2 rings (SSSR count). The van der Waals surface area contributed by atoms with Crippen LogP contribution in [0, 0.1) is 3.57 Å². The van der Waals surface area contributed by atoms with E-state index in [9.17, 15) is 4.79 Å². The van der Waals surface area contributed by atoms with E-state index < -0.39 is 11.7 Å². The van der Waals surface area contributed by atoms with Crippen molar-refractivity contribution in [2.24, 2.45) is 0 Å². The standard InChI is InChI=1S/C13H16ClIN2O2/c1-13(2,3)19-12(18)17-11-10(15)8(14)6-9(16-11)7-4-5-7/h6-7H,4-5H2,1-3H3,(H,16,17,18). The quantitative estimate of drug-likeness (QED) is 0.748. The second-order valence-electron chi connectivity index (χ2n) is 5.59. The molecule has 1 heterocycles. The van der Waals surface area contributed by atoms with Gasteiger partial charge in [0, 0.05) is 11.6 Å². The number of amides is 1. The van der Waals surface area contributed by atoms with Gasteiger partial charge in [0.05, 0.1) is 8.59 Å². The molecule has 0 unspecified atom stereocenters. The van der Waals surface area contributed by atoms with Crippen molar-refractivity contribution in [1.82, 2.24) is 4.98 Å². The number of pyridine rings is 1. The molecule has 1 aromatic heterocycles. The highest BCUT2D eigenvalue weighted by molar-refractivity contribution is 14.1. The number of nitrogens with one attached hydrogen (secondary N) is 1. The van der Waals surface area contributed by atoms with Crippen LogP contribution in [0.25, 0.3) is 0 Å². The highest BCUT2D eigenvalue weighted by atomic mass is 127. The third-order valence-corrected chi connectivity index (χ3v) is 4.26. The first-order chi connectivity index (χ1) is 8.76. The molecule has 0 radical (unpaired) electrons. The Morgan fingerprint density at radius 3 is 2.68 bits per heavy atom. The fourth-order valence-electron chi connectivity index (χ4n) is 1.59. The van der Waals surface area contributed by atoms with E-state index in [1.807, 2.05) is 26.8 Å². The lowest BCUT2D eigenvalue weighted by Crippen LogP contribution is -2.27. The molecule has 1 aromatic rings. The Morgan fingerprint density at radius 2 is 2.16 bits per heavy atom. The molecule has 4 nitrogen and oxygen atoms in total. The SMILES string of the molecule is CC(C)(C)OC(=O)Nc1nc(C2CC2)cc(Cl)c1I. The van der Waals surface area contributed by atoms with Crippen LogP contribution in [0.2, 0.25) is 5.02 Å². The van der Waals surface area contributed by atoms with Crippen LogP contribution in [0.4, 0.5) is 10.6 Å². The van der Waals surface area contributed by atoms with Crippen LogP contribution in [0.5, 0.6) is 0 Å². The number of hydrogen-bond acceptors (Lipinski definition) is 3. The number of aromatic nitrogens is 1. The summed E-state index contributed by atoms with van der Waals surface area (Å²) in [5.41, 5.74) is 0.407. The van der Waals surface area contributed by atoms with Crippen LogP contribution in [0.15, 0.2) is 6.07 Å². The molecule has 1 fully saturated rings. The molecule has 1 aliphatic rings. The molecule has 104 valence electrons. The molecule has 0 aliphatic heterocycles. The van der Waals surface area contributed by atoms with Gasteiger partial charge in [0.15, 0.2) is 5.82 Å². The lowest BCUT2D eigenvalue weighted by Gasteiger charge is -2.20. The van der Waals surface area contributed by atoms with Crippen molar-refractivity contribution < 1.29 is 9.53 Å². The molecular weight excluding hydrogens is 379 g/mol. The van der Waals surface area contributed by atoms with Gasteiger partial charge in [-0.05, 0) is 62.3 Å². The second-order valence-corrected chi connectivity index (χ2v) is 7.08. The van der Waals surface area contributed by atoms with Crippen LogP contribution in [-0.2, 0) is 4.74 Å². The number of nitrogens with zero attached hydrogens (tertiary/aromatic N) is 1. The minimum absolute atomic E-state index is 0.476. The van der Waals surface area contributed by atoms with Gasteiger partial charge in [0.25, 0.3) is 0 Å². The summed E-state index contributed by atoms with van der Waals surface area (Å²) in [4.78, 5) is 16.2. The highest BCUT2D eigenvalue weighted by Gasteiger charge is 2.27. The van der Waals surface area contributed by atoms with Gasteiger partial charge in [-0.1, -0.05) is 11.6 Å². The van der Waals surface area contributed by atoms with Crippen LogP contribution >= 0.6 is 34.2 Å². The predicted molar refractivity (Wildman–Crippen MR) is 83.8 cm³/mol. The van der Waals surface area contributed by atoms with Crippen LogP contribution in [0.1, 0.15) is 45.2 Å². The third-order valence-electron chi connectivity index (χ3n) is 2.55. The topological polar surface area (TPSA) is 51.2 Å². The average molecular weight is 395 g/mol. The second kappa shape index (κ2) is 5.44. The molecule has 0 bridgehead atoms. The molecule has 1 saturated carbocycles. The zero-order valence-electron chi connectivity index (χ0n) is 11.1. The molecular formula is C13H16ClIN2O2. The first-order valence-corrected chi connectivity index (χ1v) is 7.58. The third kappa shape index (κ3) is 4.21. The van der Waals surface area contributed by atoms with E-state index >= 15 is 0 Å². The summed E-state index contributed by atoms with van der Waals surface area (Å²) in [6.45, 7) is 5.45. The zero-order chi connectivity index (χ0) is 14.2. The lowest BCUT2D eigenvalue weighted by molar-refractivity contribution is 0.0635. The summed E-state index contributed by atoms with van der Waals surface area (Å²) >= 11 is 8.24. The summed E-state index contributed by atoms with van der Waals surface area (Å²) in [7, 11) is 0. The van der Waals surface area contributed by atoms with Gasteiger partial charge < -0.3 is 4.74 Å². The largest absolute Gasteiger partial charge is 0.444 e. The Labute approximate surface area is 131 Å². The molecule has 6 heteroatoms. The fourth-order valence-corrected chi connectivity index (χ4v) is 2.20. The first kappa shape index (κ1) is 14.8. The maximum Gasteiger partial charge on any atom is 0.413 e. The van der Waals surface area contributed by atoms with Crippen molar-refractivity contribution in [3.8, 4) is 0 Å². The van der Waals surface area contributed by atoms with Crippen molar-refractivity contribution in [1.29, 1.82) is 0 Å². The molecule has 0 spiro atoms. The highest BCUT2D eigenvalue weighted by Crippen LogP contribution is 2.41. The Balaban J connectivity index is 2.17. The van der Waals surface area contributed by atoms with Crippen molar-refractivity contribution in [2.75, 3.05) is 5.32 Å². The molecule has 0 saturated heterocycles. The summed E-state index contributed by atoms with van der Waals surface area (Å²) in [5.74, 6) is 0.956. The minimum Gasteiger partial charge on any atom is -0.444 e. The smallest absolute Gasteiger partial charge is 0.413 e. The number of carbonyl (C=O) groups is 1. The van der Waals surface area contributed by atoms with Crippen LogP contribution in [0.3, 0.4) is 0 Å². The van der Waals surface area contributed by atoms with Crippen LogP contribution in [-0.4, -0.2) is 16.7 Å². The Hall–Kier alpha value is -0.560. The number of hydrogen-bond donors (Lipinski definition) is 1. The van der Waals surface area contributed by atoms with E-state index in [2.05, 4.69) is 32.9 Å². The zero-order valence-corrected chi connectivity index (χ0v) is 14.0. The van der Waals surface area contributed by atoms with Crippen molar-refractivity contribution >= 4 is 46.1 Å². The maximum absolute atomic E-state index is 11.8. The minimum atomic E-state index is -0.534. The molecule has 1 N–H and O–H groups in total. The number of rotatable bonds is 2. The van der Waals surface area contributed by atoms with E-state index in [0.717, 1.165) is 22.1 Å². The van der Waals surface area contributed by atoms with Crippen molar-refractivity contribution in [3.05, 3.63) is 20.4 Å². The van der Waals surface area contributed by atoms with Crippen molar-refractivity contribution in [3.63, 3.8) is 0 Å². The monoisotopic (exact) mass is 394 g/mol. The molecule has 1 amide bonds. The van der Waals surface area contributed by atoms with E-state index in [4.69, 9.17) is 16.3 Å². The van der Waals surface area contributed by atoms with Gasteiger partial charge in [0.2, 0.25) is 0 Å². The Kier molecular flexibility index (Phi) is 4.25. The van der Waals surface area contributed by atoms with Gasteiger partial charge in [-0.15, -0.1) is 0 Å².